The third-order valence-corrected chi connectivity index (χ3v) is 0.861. The van der Waals surface area contributed by atoms with Gasteiger partial charge >= 0.3 is 18.9 Å². The zero-order valence-electron chi connectivity index (χ0n) is 5.74. The van der Waals surface area contributed by atoms with Crippen LogP contribution in [0.5, 0.6) is 0 Å². The maximum absolute atomic E-state index is 12.3. The van der Waals surface area contributed by atoms with Gasteiger partial charge in [-0.05, 0) is 0 Å². The average Bonchev–Trinajstić information content (AvgIpc) is 1.88. The van der Waals surface area contributed by atoms with Crippen molar-refractivity contribution in [3.05, 3.63) is 24.0 Å². The summed E-state index contributed by atoms with van der Waals surface area (Å²) >= 11 is 0. The van der Waals surface area contributed by atoms with Crippen LogP contribution in [0.15, 0.2) is 12.5 Å². The van der Waals surface area contributed by atoms with Crippen LogP contribution in [-0.2, 0) is 0 Å². The van der Waals surface area contributed by atoms with E-state index in [1.807, 2.05) is 0 Å². The van der Waals surface area contributed by atoms with Gasteiger partial charge in [-0.15, -0.1) is 0 Å². The quantitative estimate of drug-likeness (QED) is 0.380. The van der Waals surface area contributed by atoms with E-state index >= 15 is 0 Å². The zero-order chi connectivity index (χ0) is 7.56. The first-order chi connectivity index (χ1) is 4.72. The number of hydrogen-bond donors (Lipinski definition) is 0. The van der Waals surface area contributed by atoms with Gasteiger partial charge in [0.25, 0.3) is 0 Å². The predicted octanol–water partition coefficient (Wildman–Crippen LogP) is -4.02. The summed E-state index contributed by atoms with van der Waals surface area (Å²) in [7, 11) is 0. The van der Waals surface area contributed by atoms with Crippen LogP contribution in [-0.4, -0.2) is 15.9 Å². The van der Waals surface area contributed by atoms with Crippen LogP contribution in [0, 0.1) is 5.82 Å². The number of hydrogen-bond acceptors (Lipinski definition) is 4. The number of halogens is 1. The molecule has 0 atom stereocenters. The Kier molecular flexibility index (Phi) is 3.72. The summed E-state index contributed by atoms with van der Waals surface area (Å²) < 4.78 is 12.3. The summed E-state index contributed by atoms with van der Waals surface area (Å²) in [6, 6.07) is 0. The van der Waals surface area contributed by atoms with Crippen molar-refractivity contribution >= 4 is 5.97 Å². The monoisotopic (exact) mass is 148 g/mol. The van der Waals surface area contributed by atoms with E-state index < -0.39 is 17.5 Å². The van der Waals surface area contributed by atoms with E-state index in [0.717, 1.165) is 12.5 Å². The van der Waals surface area contributed by atoms with Gasteiger partial charge < -0.3 is 9.90 Å². The standard InChI is InChI=1S/C5H3FN2O2.Li/c6-3-1-7-2-8-4(3)5(9)10;/h1-2H,(H,9,10);/q;+1/p-1. The maximum Gasteiger partial charge on any atom is 1.00 e. The molecule has 6 heteroatoms. The molecule has 0 fully saturated rings. The second-order valence-corrected chi connectivity index (χ2v) is 1.51. The molecule has 11 heavy (non-hydrogen) atoms. The third kappa shape index (κ3) is 2.29. The van der Waals surface area contributed by atoms with Gasteiger partial charge in [0, 0.05) is 0 Å². The molecular weight excluding hydrogens is 146 g/mol. The molecule has 0 aliphatic carbocycles. The van der Waals surface area contributed by atoms with Crippen LogP contribution in [0.2, 0.25) is 0 Å². The number of carbonyl (C=O) groups excluding carboxylic acids is 1. The van der Waals surface area contributed by atoms with Gasteiger partial charge in [-0.2, -0.15) is 0 Å². The molecule has 0 spiro atoms. The molecule has 4 nitrogen and oxygen atoms in total. The Hall–Kier alpha value is -0.923. The number of aromatic nitrogens is 2. The number of carbonyl (C=O) groups is 1. The van der Waals surface area contributed by atoms with E-state index in [1.54, 1.807) is 0 Å². The average molecular weight is 148 g/mol. The molecule has 1 rings (SSSR count). The number of carboxylic acid groups (broad SMARTS) is 1. The van der Waals surface area contributed by atoms with E-state index in [2.05, 4.69) is 9.97 Å². The number of nitrogens with zero attached hydrogens (tertiary/aromatic N) is 2. The summed E-state index contributed by atoms with van der Waals surface area (Å²) in [6.45, 7) is 0. The van der Waals surface area contributed by atoms with Crippen LogP contribution in [0.25, 0.3) is 0 Å². The minimum Gasteiger partial charge on any atom is -0.543 e. The van der Waals surface area contributed by atoms with Gasteiger partial charge in [0.2, 0.25) is 0 Å². The summed E-state index contributed by atoms with van der Waals surface area (Å²) in [5, 5.41) is 9.98. The first kappa shape index (κ1) is 10.1. The Morgan fingerprint density at radius 3 is 2.64 bits per heavy atom. The van der Waals surface area contributed by atoms with Crippen molar-refractivity contribution in [3.8, 4) is 0 Å². The summed E-state index contributed by atoms with van der Waals surface area (Å²) in [5.41, 5.74) is -0.713. The van der Waals surface area contributed by atoms with Crippen LogP contribution in [0.1, 0.15) is 10.5 Å². The molecule has 1 aromatic heterocycles. The van der Waals surface area contributed by atoms with Crippen LogP contribution >= 0.6 is 0 Å². The van der Waals surface area contributed by atoms with Gasteiger partial charge in [-0.1, -0.05) is 0 Å². The molecule has 0 saturated carbocycles. The van der Waals surface area contributed by atoms with Crippen molar-refractivity contribution in [2.75, 3.05) is 0 Å². The van der Waals surface area contributed by atoms with Crippen molar-refractivity contribution in [3.63, 3.8) is 0 Å². The predicted molar refractivity (Wildman–Crippen MR) is 26.3 cm³/mol. The summed E-state index contributed by atoms with van der Waals surface area (Å²) in [4.78, 5) is 16.4. The van der Waals surface area contributed by atoms with E-state index in [1.165, 1.54) is 0 Å². The van der Waals surface area contributed by atoms with Gasteiger partial charge in [0.05, 0.1) is 12.2 Å². The molecule has 0 N–H and O–H groups in total. The SMILES string of the molecule is O=C([O-])c1ncncc1F.[Li+]. The fraction of sp³-hybridized carbons (Fsp3) is 0. The molecule has 0 radical (unpaired) electrons. The molecule has 1 aromatic rings. The topological polar surface area (TPSA) is 65.9 Å². The summed E-state index contributed by atoms with van der Waals surface area (Å²) in [6.07, 6.45) is 1.70. The van der Waals surface area contributed by atoms with E-state index in [-0.39, 0.29) is 18.9 Å². The number of rotatable bonds is 1. The van der Waals surface area contributed by atoms with Crippen LogP contribution in [0.4, 0.5) is 4.39 Å². The first-order valence-electron chi connectivity index (χ1n) is 2.38. The zero-order valence-corrected chi connectivity index (χ0v) is 5.74. The van der Waals surface area contributed by atoms with Crippen molar-refractivity contribution in [1.29, 1.82) is 0 Å². The first-order valence-corrected chi connectivity index (χ1v) is 2.38. The second kappa shape index (κ2) is 4.06. The maximum atomic E-state index is 12.3. The van der Waals surface area contributed by atoms with E-state index in [4.69, 9.17) is 0 Å². The Balaban J connectivity index is 0.000001000. The van der Waals surface area contributed by atoms with Crippen LogP contribution in [0.3, 0.4) is 0 Å². The Labute approximate surface area is 73.7 Å². The molecule has 52 valence electrons. The number of carboxylic acids is 1. The fourth-order valence-electron chi connectivity index (χ4n) is 0.463. The minimum absolute atomic E-state index is 0. The molecule has 0 bridgehead atoms. The fourth-order valence-corrected chi connectivity index (χ4v) is 0.463. The molecule has 0 amide bonds. The Morgan fingerprint density at radius 2 is 2.27 bits per heavy atom. The molecule has 0 aliphatic rings. The molecule has 0 aromatic carbocycles. The molecule has 0 unspecified atom stereocenters. The molecule has 0 saturated heterocycles. The van der Waals surface area contributed by atoms with Crippen LogP contribution < -0.4 is 24.0 Å². The van der Waals surface area contributed by atoms with Gasteiger partial charge in [0.1, 0.15) is 12.0 Å². The van der Waals surface area contributed by atoms with Crippen molar-refractivity contribution in [2.45, 2.75) is 0 Å². The summed E-state index contributed by atoms with van der Waals surface area (Å²) in [5.74, 6) is -2.62. The van der Waals surface area contributed by atoms with Gasteiger partial charge in [-0.3, -0.25) is 0 Å². The molecule has 1 heterocycles. The normalized spacial score (nSPS) is 8.45. The minimum atomic E-state index is -1.64. The molecular formula is C5H2FLiN2O2. The Morgan fingerprint density at radius 1 is 1.64 bits per heavy atom. The van der Waals surface area contributed by atoms with Gasteiger partial charge in [-0.25, -0.2) is 14.4 Å². The smallest absolute Gasteiger partial charge is 0.543 e. The Bertz CT molecular complexity index is 268. The van der Waals surface area contributed by atoms with E-state index in [9.17, 15) is 14.3 Å². The van der Waals surface area contributed by atoms with Crippen molar-refractivity contribution in [2.24, 2.45) is 0 Å². The van der Waals surface area contributed by atoms with Crippen molar-refractivity contribution < 1.29 is 33.2 Å². The number of aromatic carboxylic acids is 1. The second-order valence-electron chi connectivity index (χ2n) is 1.51. The van der Waals surface area contributed by atoms with Gasteiger partial charge in [0.15, 0.2) is 5.82 Å². The van der Waals surface area contributed by atoms with Crippen molar-refractivity contribution in [1.82, 2.24) is 9.97 Å². The third-order valence-electron chi connectivity index (χ3n) is 0.861. The molecule has 0 aliphatic heterocycles. The largest absolute Gasteiger partial charge is 1.00 e. The van der Waals surface area contributed by atoms with E-state index in [0.29, 0.717) is 0 Å².